The lowest BCUT2D eigenvalue weighted by molar-refractivity contribution is -0.129. The lowest BCUT2D eigenvalue weighted by Gasteiger charge is -2.47. The number of hydrogen-bond donors (Lipinski definition) is 3. The minimum Gasteiger partial charge on any atom is -0.351 e. The van der Waals surface area contributed by atoms with E-state index in [0.717, 1.165) is 29.5 Å². The maximum Gasteiger partial charge on any atom is 0.243 e. The van der Waals surface area contributed by atoms with E-state index in [2.05, 4.69) is 43.6 Å². The van der Waals surface area contributed by atoms with Gasteiger partial charge >= 0.3 is 0 Å². The SMILES string of the molecule is CC1(C)CC(NC(=O)[C@@H](NC(=O)Cc2ccc(-c3ccccc3)c(F)c2)C(c2ccccc2)c2ccccc2)CC(C)(C)N1. The van der Waals surface area contributed by atoms with Crippen LogP contribution in [0.5, 0.6) is 0 Å². The maximum absolute atomic E-state index is 15.1. The highest BCUT2D eigenvalue weighted by Crippen LogP contribution is 2.31. The second-order valence-corrected chi connectivity index (χ2v) is 13.2. The van der Waals surface area contributed by atoms with E-state index in [9.17, 15) is 9.59 Å². The molecule has 0 aliphatic carbocycles. The first kappa shape index (κ1) is 31.1. The van der Waals surface area contributed by atoms with Crippen molar-refractivity contribution in [3.05, 3.63) is 132 Å². The summed E-state index contributed by atoms with van der Waals surface area (Å²) in [5, 5.41) is 10.0. The van der Waals surface area contributed by atoms with Crippen molar-refractivity contribution >= 4 is 11.8 Å². The van der Waals surface area contributed by atoms with Crippen molar-refractivity contribution in [3.8, 4) is 11.1 Å². The number of amides is 2. The molecule has 1 aliphatic heterocycles. The third kappa shape index (κ3) is 7.80. The summed E-state index contributed by atoms with van der Waals surface area (Å²) in [4.78, 5) is 27.9. The van der Waals surface area contributed by atoms with Crippen molar-refractivity contribution in [1.29, 1.82) is 0 Å². The first-order valence-electron chi connectivity index (χ1n) is 15.3. The van der Waals surface area contributed by atoms with Crippen molar-refractivity contribution in [1.82, 2.24) is 16.0 Å². The van der Waals surface area contributed by atoms with E-state index >= 15 is 4.39 Å². The smallest absolute Gasteiger partial charge is 0.243 e. The Bertz CT molecular complexity index is 1520. The van der Waals surface area contributed by atoms with E-state index in [-0.39, 0.29) is 35.4 Å². The molecule has 44 heavy (non-hydrogen) atoms. The second-order valence-electron chi connectivity index (χ2n) is 13.2. The zero-order valence-corrected chi connectivity index (χ0v) is 25.9. The molecule has 0 saturated carbocycles. The van der Waals surface area contributed by atoms with Crippen LogP contribution in [-0.2, 0) is 16.0 Å². The number of benzene rings is 4. The molecule has 1 heterocycles. The molecule has 1 fully saturated rings. The Morgan fingerprint density at radius 3 is 1.84 bits per heavy atom. The molecule has 2 amide bonds. The van der Waals surface area contributed by atoms with Crippen LogP contribution in [0.1, 0.15) is 63.1 Å². The molecule has 6 heteroatoms. The highest BCUT2D eigenvalue weighted by Gasteiger charge is 2.40. The third-order valence-electron chi connectivity index (χ3n) is 8.27. The third-order valence-corrected chi connectivity index (χ3v) is 8.27. The molecule has 0 spiro atoms. The lowest BCUT2D eigenvalue weighted by atomic mass is 9.79. The fourth-order valence-corrected chi connectivity index (χ4v) is 6.84. The quantitative estimate of drug-likeness (QED) is 0.201. The molecule has 0 bridgehead atoms. The van der Waals surface area contributed by atoms with Gasteiger partial charge in [0.2, 0.25) is 11.8 Å². The van der Waals surface area contributed by atoms with Gasteiger partial charge in [-0.1, -0.05) is 103 Å². The van der Waals surface area contributed by atoms with E-state index < -0.39 is 17.8 Å². The standard InChI is InChI=1S/C38H42FN3O2/c1-37(2)24-30(25-38(3,4)42-37)40-36(44)35(34(28-16-10-6-11-17-28)29-18-12-7-13-19-29)41-33(43)23-26-20-21-31(32(39)22-26)27-14-8-5-9-15-27/h5-22,30,34-35,42H,23-25H2,1-4H3,(H,40,44)(H,41,43)/t35-/m0/s1. The topological polar surface area (TPSA) is 70.2 Å². The van der Waals surface area contributed by atoms with Gasteiger partial charge in [0.25, 0.3) is 0 Å². The first-order chi connectivity index (χ1) is 21.0. The number of carbonyl (C=O) groups is 2. The van der Waals surface area contributed by atoms with E-state index in [0.29, 0.717) is 11.1 Å². The number of rotatable bonds is 9. The van der Waals surface area contributed by atoms with Crippen molar-refractivity contribution in [2.24, 2.45) is 0 Å². The fraction of sp³-hybridized carbons (Fsp3) is 0.316. The van der Waals surface area contributed by atoms with Gasteiger partial charge in [0.05, 0.1) is 6.42 Å². The average Bonchev–Trinajstić information content (AvgIpc) is 2.97. The number of piperidine rings is 1. The molecule has 228 valence electrons. The number of halogens is 1. The van der Waals surface area contributed by atoms with Crippen molar-refractivity contribution in [3.63, 3.8) is 0 Å². The Morgan fingerprint density at radius 2 is 1.32 bits per heavy atom. The summed E-state index contributed by atoms with van der Waals surface area (Å²) >= 11 is 0. The normalized spacial score (nSPS) is 16.7. The fourth-order valence-electron chi connectivity index (χ4n) is 6.84. The Kier molecular flexibility index (Phi) is 9.31. The summed E-state index contributed by atoms with van der Waals surface area (Å²) in [6, 6.07) is 32.8. The highest BCUT2D eigenvalue weighted by molar-refractivity contribution is 5.90. The van der Waals surface area contributed by atoms with Crippen LogP contribution < -0.4 is 16.0 Å². The molecule has 5 nitrogen and oxygen atoms in total. The largest absolute Gasteiger partial charge is 0.351 e. The molecule has 1 atom stereocenters. The predicted molar refractivity (Wildman–Crippen MR) is 175 cm³/mol. The Labute approximate surface area is 260 Å². The zero-order chi connectivity index (χ0) is 31.3. The molecule has 0 unspecified atom stereocenters. The van der Waals surface area contributed by atoms with Crippen molar-refractivity contribution < 1.29 is 14.0 Å². The van der Waals surface area contributed by atoms with Crippen LogP contribution in [0.25, 0.3) is 11.1 Å². The number of hydrogen-bond acceptors (Lipinski definition) is 3. The van der Waals surface area contributed by atoms with Gasteiger partial charge in [-0.3, -0.25) is 9.59 Å². The minimum atomic E-state index is -0.887. The van der Waals surface area contributed by atoms with Crippen molar-refractivity contribution in [2.45, 2.75) is 76.0 Å². The minimum absolute atomic E-state index is 0.0561. The summed E-state index contributed by atoms with van der Waals surface area (Å²) in [7, 11) is 0. The Balaban J connectivity index is 1.43. The van der Waals surface area contributed by atoms with Crippen LogP contribution in [0.4, 0.5) is 4.39 Å². The molecular formula is C38H42FN3O2. The molecule has 1 aliphatic rings. The van der Waals surface area contributed by atoms with Gasteiger partial charge in [0, 0.05) is 28.6 Å². The van der Waals surface area contributed by atoms with Gasteiger partial charge in [-0.2, -0.15) is 0 Å². The predicted octanol–water partition coefficient (Wildman–Crippen LogP) is 6.78. The lowest BCUT2D eigenvalue weighted by Crippen LogP contribution is -2.63. The van der Waals surface area contributed by atoms with Gasteiger partial charge < -0.3 is 16.0 Å². The van der Waals surface area contributed by atoms with E-state index in [1.54, 1.807) is 12.1 Å². The van der Waals surface area contributed by atoms with Crippen LogP contribution in [-0.4, -0.2) is 35.0 Å². The van der Waals surface area contributed by atoms with Gasteiger partial charge in [-0.15, -0.1) is 0 Å². The van der Waals surface area contributed by atoms with Gasteiger partial charge in [0.1, 0.15) is 11.9 Å². The summed E-state index contributed by atoms with van der Waals surface area (Å²) in [6.07, 6.45) is 1.47. The summed E-state index contributed by atoms with van der Waals surface area (Å²) in [5.74, 6) is -1.40. The second kappa shape index (κ2) is 13.1. The average molecular weight is 592 g/mol. The highest BCUT2D eigenvalue weighted by atomic mass is 19.1. The van der Waals surface area contributed by atoms with E-state index in [1.807, 2.05) is 91.0 Å². The molecule has 0 aromatic heterocycles. The monoisotopic (exact) mass is 591 g/mol. The van der Waals surface area contributed by atoms with Crippen LogP contribution in [0.15, 0.2) is 109 Å². The Hall–Kier alpha value is -4.29. The van der Waals surface area contributed by atoms with E-state index in [4.69, 9.17) is 0 Å². The van der Waals surface area contributed by atoms with E-state index in [1.165, 1.54) is 6.07 Å². The molecule has 3 N–H and O–H groups in total. The molecule has 5 rings (SSSR count). The summed E-state index contributed by atoms with van der Waals surface area (Å²) in [6.45, 7) is 8.58. The molecule has 0 radical (unpaired) electrons. The summed E-state index contributed by atoms with van der Waals surface area (Å²) in [5.41, 5.74) is 3.31. The summed E-state index contributed by atoms with van der Waals surface area (Å²) < 4.78 is 15.1. The van der Waals surface area contributed by atoms with Gasteiger partial charge in [-0.05, 0) is 68.9 Å². The molecule has 4 aromatic carbocycles. The van der Waals surface area contributed by atoms with Crippen LogP contribution >= 0.6 is 0 Å². The molecular weight excluding hydrogens is 549 g/mol. The number of nitrogens with one attached hydrogen (secondary N) is 3. The molecule has 4 aromatic rings. The Morgan fingerprint density at radius 1 is 0.795 bits per heavy atom. The van der Waals surface area contributed by atoms with Crippen molar-refractivity contribution in [2.75, 3.05) is 0 Å². The maximum atomic E-state index is 15.1. The number of carbonyl (C=O) groups excluding carboxylic acids is 2. The van der Waals surface area contributed by atoms with Crippen LogP contribution in [0.2, 0.25) is 0 Å². The van der Waals surface area contributed by atoms with Gasteiger partial charge in [0.15, 0.2) is 0 Å². The zero-order valence-electron chi connectivity index (χ0n) is 25.9. The van der Waals surface area contributed by atoms with Crippen LogP contribution in [0.3, 0.4) is 0 Å². The molecule has 1 saturated heterocycles. The van der Waals surface area contributed by atoms with Gasteiger partial charge in [-0.25, -0.2) is 4.39 Å². The van der Waals surface area contributed by atoms with Crippen LogP contribution in [0, 0.1) is 5.82 Å². The first-order valence-corrected chi connectivity index (χ1v) is 15.3.